The third-order valence-corrected chi connectivity index (χ3v) is 3.48. The van der Waals surface area contributed by atoms with Gasteiger partial charge in [-0.15, -0.1) is 0 Å². The van der Waals surface area contributed by atoms with Gasteiger partial charge in [0.1, 0.15) is 11.6 Å². The molecule has 0 saturated heterocycles. The molecule has 1 aromatic carbocycles. The van der Waals surface area contributed by atoms with Crippen molar-refractivity contribution in [1.82, 2.24) is 0 Å². The van der Waals surface area contributed by atoms with Gasteiger partial charge in [-0.1, -0.05) is 39.2 Å². The van der Waals surface area contributed by atoms with Gasteiger partial charge in [-0.2, -0.15) is 0 Å². The molecular weight excluding hydrogens is 241 g/mol. The molecule has 0 bridgehead atoms. The molecule has 0 heterocycles. The molecule has 0 aromatic heterocycles. The second-order valence-electron chi connectivity index (χ2n) is 5.20. The number of rotatable bonds is 8. The summed E-state index contributed by atoms with van der Waals surface area (Å²) in [6.07, 6.45) is 4.66. The summed E-state index contributed by atoms with van der Waals surface area (Å²) in [6.45, 7) is 6.88. The summed E-state index contributed by atoms with van der Waals surface area (Å²) in [6, 6.07) is 4.43. The van der Waals surface area contributed by atoms with E-state index in [0.717, 1.165) is 18.4 Å². The average molecular weight is 267 g/mol. The van der Waals surface area contributed by atoms with E-state index in [0.29, 0.717) is 18.3 Å². The molecule has 2 N–H and O–H groups in total. The highest BCUT2D eigenvalue weighted by molar-refractivity contribution is 5.36. The van der Waals surface area contributed by atoms with Crippen molar-refractivity contribution in [2.24, 2.45) is 11.7 Å². The topological polar surface area (TPSA) is 35.2 Å². The maximum atomic E-state index is 13.3. The molecular formula is C16H26FNO. The maximum Gasteiger partial charge on any atom is 0.126 e. The molecule has 0 amide bonds. The lowest BCUT2D eigenvalue weighted by atomic mass is 10.0. The zero-order chi connectivity index (χ0) is 14.3. The highest BCUT2D eigenvalue weighted by Crippen LogP contribution is 2.26. The third kappa shape index (κ3) is 5.19. The number of unbranched alkanes of at least 4 members (excludes halogenated alkanes) is 1. The Balaban J connectivity index is 2.67. The molecule has 0 saturated carbocycles. The van der Waals surface area contributed by atoms with Crippen molar-refractivity contribution in [1.29, 1.82) is 0 Å². The highest BCUT2D eigenvalue weighted by atomic mass is 19.1. The van der Waals surface area contributed by atoms with Crippen LogP contribution in [0, 0.1) is 11.7 Å². The SMILES string of the molecule is CCCCC(CC)COc1cc(F)ccc1C(C)N. The summed E-state index contributed by atoms with van der Waals surface area (Å²) in [4.78, 5) is 0. The molecule has 0 aliphatic rings. The Hall–Kier alpha value is -1.09. The number of ether oxygens (including phenoxy) is 1. The van der Waals surface area contributed by atoms with Crippen molar-refractivity contribution in [3.63, 3.8) is 0 Å². The molecule has 2 atom stereocenters. The Morgan fingerprint density at radius 2 is 2.05 bits per heavy atom. The predicted molar refractivity (Wildman–Crippen MR) is 77.8 cm³/mol. The van der Waals surface area contributed by atoms with Gasteiger partial charge < -0.3 is 10.5 Å². The summed E-state index contributed by atoms with van der Waals surface area (Å²) in [7, 11) is 0. The van der Waals surface area contributed by atoms with E-state index in [1.54, 1.807) is 6.07 Å². The van der Waals surface area contributed by atoms with E-state index in [1.165, 1.54) is 25.0 Å². The zero-order valence-corrected chi connectivity index (χ0v) is 12.3. The van der Waals surface area contributed by atoms with Crippen LogP contribution in [-0.2, 0) is 0 Å². The fraction of sp³-hybridized carbons (Fsp3) is 0.625. The molecule has 2 unspecified atom stereocenters. The fourth-order valence-corrected chi connectivity index (χ4v) is 2.12. The normalized spacial score (nSPS) is 14.2. The van der Waals surface area contributed by atoms with Crippen molar-refractivity contribution in [3.05, 3.63) is 29.6 Å². The monoisotopic (exact) mass is 267 g/mol. The van der Waals surface area contributed by atoms with Gasteiger partial charge >= 0.3 is 0 Å². The lowest BCUT2D eigenvalue weighted by Crippen LogP contribution is -2.14. The first-order chi connectivity index (χ1) is 9.08. The Morgan fingerprint density at radius 3 is 2.63 bits per heavy atom. The van der Waals surface area contributed by atoms with Crippen LogP contribution in [0.3, 0.4) is 0 Å². The largest absolute Gasteiger partial charge is 0.493 e. The van der Waals surface area contributed by atoms with E-state index in [-0.39, 0.29) is 11.9 Å². The first-order valence-corrected chi connectivity index (χ1v) is 7.26. The van der Waals surface area contributed by atoms with Crippen LogP contribution in [0.5, 0.6) is 5.75 Å². The van der Waals surface area contributed by atoms with Crippen LogP contribution >= 0.6 is 0 Å². The summed E-state index contributed by atoms with van der Waals surface area (Å²) >= 11 is 0. The van der Waals surface area contributed by atoms with Crippen molar-refractivity contribution in [2.75, 3.05) is 6.61 Å². The van der Waals surface area contributed by atoms with Crippen LogP contribution in [-0.4, -0.2) is 6.61 Å². The number of hydrogen-bond acceptors (Lipinski definition) is 2. The molecule has 19 heavy (non-hydrogen) atoms. The molecule has 108 valence electrons. The van der Waals surface area contributed by atoms with Gasteiger partial charge in [0.15, 0.2) is 0 Å². The van der Waals surface area contributed by atoms with Crippen LogP contribution in [0.2, 0.25) is 0 Å². The van der Waals surface area contributed by atoms with Crippen LogP contribution in [0.15, 0.2) is 18.2 Å². The zero-order valence-electron chi connectivity index (χ0n) is 12.3. The molecule has 0 spiro atoms. The Morgan fingerprint density at radius 1 is 1.32 bits per heavy atom. The molecule has 1 aromatic rings. The molecule has 0 radical (unpaired) electrons. The van der Waals surface area contributed by atoms with Crippen LogP contribution in [0.1, 0.15) is 58.1 Å². The van der Waals surface area contributed by atoms with Crippen molar-refractivity contribution in [3.8, 4) is 5.75 Å². The van der Waals surface area contributed by atoms with Gasteiger partial charge in [0.05, 0.1) is 6.61 Å². The minimum atomic E-state index is -0.277. The second kappa shape index (κ2) is 8.16. The average Bonchev–Trinajstić information content (AvgIpc) is 2.38. The quantitative estimate of drug-likeness (QED) is 0.755. The Labute approximate surface area is 116 Å². The number of halogens is 1. The number of hydrogen-bond donors (Lipinski definition) is 1. The van der Waals surface area contributed by atoms with Crippen molar-refractivity contribution < 1.29 is 9.13 Å². The van der Waals surface area contributed by atoms with Crippen molar-refractivity contribution >= 4 is 0 Å². The third-order valence-electron chi connectivity index (χ3n) is 3.48. The summed E-state index contributed by atoms with van der Waals surface area (Å²) < 4.78 is 19.1. The van der Waals surface area contributed by atoms with E-state index in [2.05, 4.69) is 13.8 Å². The van der Waals surface area contributed by atoms with Crippen molar-refractivity contribution in [2.45, 2.75) is 52.5 Å². The van der Waals surface area contributed by atoms with Gasteiger partial charge in [-0.3, -0.25) is 0 Å². The summed E-state index contributed by atoms with van der Waals surface area (Å²) in [5.41, 5.74) is 6.75. The minimum absolute atomic E-state index is 0.147. The van der Waals surface area contributed by atoms with Gasteiger partial charge in [0, 0.05) is 17.7 Å². The van der Waals surface area contributed by atoms with Crippen LogP contribution in [0.4, 0.5) is 4.39 Å². The van der Waals surface area contributed by atoms with Crippen LogP contribution in [0.25, 0.3) is 0 Å². The number of nitrogens with two attached hydrogens (primary N) is 1. The van der Waals surface area contributed by atoms with E-state index >= 15 is 0 Å². The van der Waals surface area contributed by atoms with Gasteiger partial charge in [-0.25, -0.2) is 4.39 Å². The summed E-state index contributed by atoms with van der Waals surface area (Å²) in [5.74, 6) is 0.843. The maximum absolute atomic E-state index is 13.3. The molecule has 1 rings (SSSR count). The fourth-order valence-electron chi connectivity index (χ4n) is 2.12. The van der Waals surface area contributed by atoms with E-state index in [4.69, 9.17) is 10.5 Å². The Bertz CT molecular complexity index is 379. The van der Waals surface area contributed by atoms with E-state index < -0.39 is 0 Å². The lowest BCUT2D eigenvalue weighted by molar-refractivity contribution is 0.230. The molecule has 2 nitrogen and oxygen atoms in total. The standard InChI is InChI=1S/C16H26FNO/c1-4-6-7-13(5-2)11-19-16-10-14(17)8-9-15(16)12(3)18/h8-10,12-13H,4-7,11,18H2,1-3H3. The molecule has 3 heteroatoms. The minimum Gasteiger partial charge on any atom is -0.493 e. The smallest absolute Gasteiger partial charge is 0.126 e. The molecule has 0 aliphatic carbocycles. The highest BCUT2D eigenvalue weighted by Gasteiger charge is 2.12. The first kappa shape index (κ1) is 16.0. The van der Waals surface area contributed by atoms with Gasteiger partial charge in [-0.05, 0) is 25.3 Å². The Kier molecular flexibility index (Phi) is 6.85. The predicted octanol–water partition coefficient (Wildman–Crippen LogP) is 4.44. The lowest BCUT2D eigenvalue weighted by Gasteiger charge is -2.18. The number of benzene rings is 1. The van der Waals surface area contributed by atoms with Gasteiger partial charge in [0.25, 0.3) is 0 Å². The summed E-state index contributed by atoms with van der Waals surface area (Å²) in [5, 5.41) is 0. The first-order valence-electron chi connectivity index (χ1n) is 7.26. The molecule has 0 fully saturated rings. The van der Waals surface area contributed by atoms with Gasteiger partial charge in [0.2, 0.25) is 0 Å². The second-order valence-corrected chi connectivity index (χ2v) is 5.20. The van der Waals surface area contributed by atoms with Crippen LogP contribution < -0.4 is 10.5 Å². The molecule has 0 aliphatic heterocycles. The van der Waals surface area contributed by atoms with E-state index in [1.807, 2.05) is 6.92 Å². The van der Waals surface area contributed by atoms with E-state index in [9.17, 15) is 4.39 Å².